The van der Waals surface area contributed by atoms with Gasteiger partial charge in [-0.3, -0.25) is 9.40 Å². The maximum Gasteiger partial charge on any atom is 0.265 e. The summed E-state index contributed by atoms with van der Waals surface area (Å²) in [5, 5.41) is 12.5. The zero-order valence-corrected chi connectivity index (χ0v) is 10.9. The Morgan fingerprint density at radius 3 is 2.80 bits per heavy atom. The number of benzene rings is 1. The van der Waals surface area contributed by atoms with E-state index in [0.29, 0.717) is 6.07 Å². The van der Waals surface area contributed by atoms with Crippen molar-refractivity contribution >= 4 is 15.7 Å². The molecule has 0 bridgehead atoms. The molecule has 6 nitrogen and oxygen atoms in total. The lowest BCUT2D eigenvalue weighted by Gasteiger charge is -2.06. The summed E-state index contributed by atoms with van der Waals surface area (Å²) in [5.41, 5.74) is 0.0853. The number of halogens is 2. The smallest absolute Gasteiger partial charge is 0.265 e. The molecule has 0 spiro atoms. The number of anilines is 1. The number of hydrogen-bond donors (Lipinski definition) is 2. The minimum atomic E-state index is -4.25. The van der Waals surface area contributed by atoms with E-state index in [1.165, 1.54) is 17.1 Å². The molecule has 1 aromatic heterocycles. The Balaban J connectivity index is 2.28. The second kappa shape index (κ2) is 5.55. The van der Waals surface area contributed by atoms with Crippen molar-refractivity contribution < 1.29 is 22.3 Å². The van der Waals surface area contributed by atoms with E-state index < -0.39 is 26.6 Å². The van der Waals surface area contributed by atoms with Crippen LogP contribution < -0.4 is 4.72 Å². The molecule has 0 unspecified atom stereocenters. The average molecular weight is 303 g/mol. The third kappa shape index (κ3) is 3.11. The monoisotopic (exact) mass is 303 g/mol. The number of nitrogens with one attached hydrogen (secondary N) is 1. The molecule has 0 aliphatic heterocycles. The molecule has 2 aromatic rings. The van der Waals surface area contributed by atoms with Crippen LogP contribution in [0.5, 0.6) is 0 Å². The van der Waals surface area contributed by atoms with Gasteiger partial charge in [-0.15, -0.1) is 0 Å². The molecular formula is C11H11F2N3O3S. The van der Waals surface area contributed by atoms with Crippen LogP contribution >= 0.6 is 0 Å². The van der Waals surface area contributed by atoms with Crippen LogP contribution in [0.3, 0.4) is 0 Å². The van der Waals surface area contributed by atoms with Crippen molar-refractivity contribution in [1.29, 1.82) is 0 Å². The van der Waals surface area contributed by atoms with Crippen molar-refractivity contribution in [3.63, 3.8) is 0 Å². The van der Waals surface area contributed by atoms with Gasteiger partial charge in [0.2, 0.25) is 0 Å². The van der Waals surface area contributed by atoms with Crippen molar-refractivity contribution in [3.8, 4) is 0 Å². The number of hydrogen-bond acceptors (Lipinski definition) is 4. The highest BCUT2D eigenvalue weighted by molar-refractivity contribution is 7.92. The Hall–Kier alpha value is -2.00. The fraction of sp³-hybridized carbons (Fsp3) is 0.182. The van der Waals surface area contributed by atoms with Crippen LogP contribution in [0.4, 0.5) is 14.5 Å². The highest BCUT2D eigenvalue weighted by atomic mass is 32.2. The van der Waals surface area contributed by atoms with E-state index >= 15 is 0 Å². The largest absolute Gasteiger partial charge is 0.394 e. The number of nitrogens with zero attached hydrogens (tertiary/aromatic N) is 2. The third-order valence-corrected chi connectivity index (χ3v) is 3.79. The molecule has 0 radical (unpaired) electrons. The molecule has 1 aromatic carbocycles. The van der Waals surface area contributed by atoms with E-state index in [-0.39, 0.29) is 18.8 Å². The molecule has 0 saturated carbocycles. The standard InChI is InChI=1S/C11H11F2N3O3S/c12-8-1-2-10(13)11(5-8)20(18,19)15-9-6-14-16(7-9)3-4-17/h1-2,5-7,15,17H,3-4H2. The zero-order valence-electron chi connectivity index (χ0n) is 10.1. The summed E-state index contributed by atoms with van der Waals surface area (Å²) in [6.45, 7) is 0.0302. The topological polar surface area (TPSA) is 84.2 Å². The van der Waals surface area contributed by atoms with Gasteiger partial charge in [0.15, 0.2) is 0 Å². The van der Waals surface area contributed by atoms with E-state index in [0.717, 1.165) is 12.1 Å². The second-order valence-corrected chi connectivity index (χ2v) is 5.55. The number of aliphatic hydroxyl groups excluding tert-OH is 1. The lowest BCUT2D eigenvalue weighted by molar-refractivity contribution is 0.269. The van der Waals surface area contributed by atoms with E-state index in [1.807, 2.05) is 0 Å². The molecule has 0 amide bonds. The van der Waals surface area contributed by atoms with Gasteiger partial charge in [-0.1, -0.05) is 0 Å². The van der Waals surface area contributed by atoms with Gasteiger partial charge in [-0.25, -0.2) is 17.2 Å². The quantitative estimate of drug-likeness (QED) is 0.861. The van der Waals surface area contributed by atoms with Gasteiger partial charge in [0.25, 0.3) is 10.0 Å². The first-order chi connectivity index (χ1) is 9.42. The van der Waals surface area contributed by atoms with Gasteiger partial charge in [0, 0.05) is 6.20 Å². The molecule has 0 saturated heterocycles. The van der Waals surface area contributed by atoms with Crippen molar-refractivity contribution in [2.45, 2.75) is 11.4 Å². The minimum Gasteiger partial charge on any atom is -0.394 e. The van der Waals surface area contributed by atoms with Crippen molar-refractivity contribution in [2.24, 2.45) is 0 Å². The molecule has 0 aliphatic carbocycles. The molecule has 2 N–H and O–H groups in total. The number of rotatable bonds is 5. The number of sulfonamides is 1. The highest BCUT2D eigenvalue weighted by Crippen LogP contribution is 2.19. The van der Waals surface area contributed by atoms with Gasteiger partial charge in [0.1, 0.15) is 16.5 Å². The predicted octanol–water partition coefficient (Wildman–Crippen LogP) is 0.954. The van der Waals surface area contributed by atoms with E-state index in [4.69, 9.17) is 5.11 Å². The molecule has 0 atom stereocenters. The summed E-state index contributed by atoms with van der Waals surface area (Å²) in [5.74, 6) is -1.91. The first kappa shape index (κ1) is 14.4. The van der Waals surface area contributed by atoms with Crippen LogP contribution in [0, 0.1) is 11.6 Å². The molecule has 2 rings (SSSR count). The summed E-state index contributed by atoms with van der Waals surface area (Å²) >= 11 is 0. The lowest BCUT2D eigenvalue weighted by atomic mass is 10.3. The maximum absolute atomic E-state index is 13.5. The highest BCUT2D eigenvalue weighted by Gasteiger charge is 2.20. The summed E-state index contributed by atoms with van der Waals surface area (Å²) in [6, 6.07) is 2.16. The SMILES string of the molecule is O=S(=O)(Nc1cnn(CCO)c1)c1cc(F)ccc1F. The fourth-order valence-electron chi connectivity index (χ4n) is 1.53. The Bertz CT molecular complexity index is 715. The molecule has 20 heavy (non-hydrogen) atoms. The summed E-state index contributed by atoms with van der Waals surface area (Å²) in [4.78, 5) is -0.785. The van der Waals surface area contributed by atoms with Crippen LogP contribution in [0.1, 0.15) is 0 Å². The summed E-state index contributed by atoms with van der Waals surface area (Å²) in [6.07, 6.45) is 2.52. The van der Waals surface area contributed by atoms with Gasteiger partial charge >= 0.3 is 0 Å². The molecule has 1 heterocycles. The Morgan fingerprint density at radius 2 is 2.10 bits per heavy atom. The van der Waals surface area contributed by atoms with Crippen LogP contribution in [0.2, 0.25) is 0 Å². The van der Waals surface area contributed by atoms with E-state index in [2.05, 4.69) is 9.82 Å². The first-order valence-corrected chi connectivity index (χ1v) is 7.02. The number of aliphatic hydroxyl groups is 1. The Morgan fingerprint density at radius 1 is 1.35 bits per heavy atom. The summed E-state index contributed by atoms with van der Waals surface area (Å²) < 4.78 is 53.7. The zero-order chi connectivity index (χ0) is 14.8. The summed E-state index contributed by atoms with van der Waals surface area (Å²) in [7, 11) is -4.25. The first-order valence-electron chi connectivity index (χ1n) is 5.53. The molecule has 0 aliphatic rings. The minimum absolute atomic E-state index is 0.0853. The van der Waals surface area contributed by atoms with Crippen molar-refractivity contribution in [2.75, 3.05) is 11.3 Å². The molecule has 9 heteroatoms. The van der Waals surface area contributed by atoms with Crippen molar-refractivity contribution in [1.82, 2.24) is 9.78 Å². The molecule has 108 valence electrons. The maximum atomic E-state index is 13.5. The van der Waals surface area contributed by atoms with Crippen LogP contribution in [0.25, 0.3) is 0 Å². The lowest BCUT2D eigenvalue weighted by Crippen LogP contribution is -2.14. The Kier molecular flexibility index (Phi) is 4.00. The van der Waals surface area contributed by atoms with Crippen LogP contribution in [-0.4, -0.2) is 29.9 Å². The molecule has 0 fully saturated rings. The van der Waals surface area contributed by atoms with Gasteiger partial charge in [-0.2, -0.15) is 5.10 Å². The van der Waals surface area contributed by atoms with Crippen LogP contribution in [-0.2, 0) is 16.6 Å². The van der Waals surface area contributed by atoms with E-state index in [9.17, 15) is 17.2 Å². The van der Waals surface area contributed by atoms with Crippen LogP contribution in [0.15, 0.2) is 35.5 Å². The third-order valence-electron chi connectivity index (χ3n) is 2.40. The fourth-order valence-corrected chi connectivity index (χ4v) is 2.65. The van der Waals surface area contributed by atoms with E-state index in [1.54, 1.807) is 0 Å². The van der Waals surface area contributed by atoms with Gasteiger partial charge in [-0.05, 0) is 18.2 Å². The average Bonchev–Trinajstić information content (AvgIpc) is 2.79. The molecular weight excluding hydrogens is 292 g/mol. The Labute approximate surface area is 113 Å². The van der Waals surface area contributed by atoms with Crippen molar-refractivity contribution in [3.05, 3.63) is 42.2 Å². The second-order valence-electron chi connectivity index (χ2n) is 3.90. The normalized spacial score (nSPS) is 11.6. The predicted molar refractivity (Wildman–Crippen MR) is 66.5 cm³/mol. The van der Waals surface area contributed by atoms with Gasteiger partial charge < -0.3 is 5.11 Å². The van der Waals surface area contributed by atoms with Gasteiger partial charge in [0.05, 0.1) is 25.0 Å². The number of aromatic nitrogens is 2.